The molecule has 0 aliphatic heterocycles. The summed E-state index contributed by atoms with van der Waals surface area (Å²) in [5, 5.41) is 3.21. The fourth-order valence-corrected chi connectivity index (χ4v) is 3.29. The molecule has 0 aliphatic rings. The van der Waals surface area contributed by atoms with Gasteiger partial charge >= 0.3 is 0 Å². The van der Waals surface area contributed by atoms with Crippen molar-refractivity contribution < 1.29 is 9.13 Å². The minimum absolute atomic E-state index is 0.220. The Morgan fingerprint density at radius 2 is 2.00 bits per heavy atom. The quantitative estimate of drug-likeness (QED) is 0.787. The van der Waals surface area contributed by atoms with E-state index in [0.717, 1.165) is 16.5 Å². The maximum atomic E-state index is 13.5. The lowest BCUT2D eigenvalue weighted by atomic mass is 9.99. The average molecular weight is 287 g/mol. The molecule has 0 spiro atoms. The van der Waals surface area contributed by atoms with Crippen LogP contribution in [0.1, 0.15) is 17.2 Å². The van der Waals surface area contributed by atoms with Crippen LogP contribution in [0.25, 0.3) is 10.1 Å². The van der Waals surface area contributed by atoms with E-state index in [2.05, 4.69) is 17.5 Å². The molecule has 102 valence electrons. The van der Waals surface area contributed by atoms with E-state index in [0.29, 0.717) is 0 Å². The Hall–Kier alpha value is -1.91. The van der Waals surface area contributed by atoms with Crippen molar-refractivity contribution in [3.8, 4) is 5.75 Å². The van der Waals surface area contributed by atoms with Crippen LogP contribution in [0, 0.1) is 5.82 Å². The van der Waals surface area contributed by atoms with Crippen LogP contribution in [0.4, 0.5) is 4.39 Å². The molecule has 2 aromatic carbocycles. The second-order valence-corrected chi connectivity index (χ2v) is 5.47. The summed E-state index contributed by atoms with van der Waals surface area (Å²) in [6, 6.07) is 12.6. The molecule has 3 rings (SSSR count). The zero-order chi connectivity index (χ0) is 14.1. The van der Waals surface area contributed by atoms with Gasteiger partial charge in [-0.15, -0.1) is 11.3 Å². The summed E-state index contributed by atoms with van der Waals surface area (Å²) in [4.78, 5) is 0. The number of rotatable bonds is 3. The Kier molecular flexibility index (Phi) is 3.42. The van der Waals surface area contributed by atoms with Gasteiger partial charge in [0.1, 0.15) is 0 Å². The van der Waals surface area contributed by atoms with Crippen molar-refractivity contribution in [3.63, 3.8) is 0 Å². The van der Waals surface area contributed by atoms with E-state index >= 15 is 0 Å². The summed E-state index contributed by atoms with van der Waals surface area (Å²) in [6.07, 6.45) is 0. The van der Waals surface area contributed by atoms with Gasteiger partial charge in [-0.3, -0.25) is 0 Å². The smallest absolute Gasteiger partial charge is 0.165 e. The molecule has 0 aliphatic carbocycles. The minimum atomic E-state index is -0.376. The van der Waals surface area contributed by atoms with Gasteiger partial charge < -0.3 is 10.5 Å². The molecule has 1 unspecified atom stereocenters. The van der Waals surface area contributed by atoms with Crippen LogP contribution in [0.5, 0.6) is 5.75 Å². The molecule has 2 N–H and O–H groups in total. The molecule has 4 heteroatoms. The first kappa shape index (κ1) is 13.1. The number of nitrogens with two attached hydrogens (primary N) is 1. The number of hydrogen-bond donors (Lipinski definition) is 1. The zero-order valence-corrected chi connectivity index (χ0v) is 11.8. The van der Waals surface area contributed by atoms with E-state index in [1.54, 1.807) is 23.5 Å². The van der Waals surface area contributed by atoms with Gasteiger partial charge in [0.15, 0.2) is 11.6 Å². The molecule has 1 heterocycles. The van der Waals surface area contributed by atoms with Crippen molar-refractivity contribution in [2.45, 2.75) is 6.04 Å². The van der Waals surface area contributed by atoms with Crippen molar-refractivity contribution in [2.24, 2.45) is 5.73 Å². The number of thiophene rings is 1. The highest BCUT2D eigenvalue weighted by Gasteiger charge is 2.15. The normalized spacial score (nSPS) is 12.6. The monoisotopic (exact) mass is 287 g/mol. The number of halogens is 1. The van der Waals surface area contributed by atoms with E-state index < -0.39 is 0 Å². The number of methoxy groups -OCH3 is 1. The van der Waals surface area contributed by atoms with Gasteiger partial charge in [0.2, 0.25) is 0 Å². The summed E-state index contributed by atoms with van der Waals surface area (Å²) < 4.78 is 19.7. The van der Waals surface area contributed by atoms with Gasteiger partial charge in [-0.25, -0.2) is 4.39 Å². The Labute approximate surface area is 120 Å². The fraction of sp³-hybridized carbons (Fsp3) is 0.125. The number of ether oxygens (including phenoxy) is 1. The summed E-state index contributed by atoms with van der Waals surface area (Å²) in [5.74, 6) is -0.156. The number of hydrogen-bond acceptors (Lipinski definition) is 3. The highest BCUT2D eigenvalue weighted by molar-refractivity contribution is 7.17. The Morgan fingerprint density at radius 1 is 1.20 bits per heavy atom. The van der Waals surface area contributed by atoms with Gasteiger partial charge in [0.25, 0.3) is 0 Å². The van der Waals surface area contributed by atoms with Crippen LogP contribution in [-0.2, 0) is 0 Å². The molecule has 0 saturated carbocycles. The average Bonchev–Trinajstić information content (AvgIpc) is 2.91. The molecule has 3 aromatic rings. The van der Waals surface area contributed by atoms with E-state index in [-0.39, 0.29) is 17.6 Å². The third-order valence-electron chi connectivity index (χ3n) is 3.38. The van der Waals surface area contributed by atoms with Crippen LogP contribution in [0.15, 0.2) is 47.8 Å². The molecular formula is C16H14FNOS. The third kappa shape index (κ3) is 2.17. The lowest BCUT2D eigenvalue weighted by molar-refractivity contribution is 0.385. The maximum Gasteiger partial charge on any atom is 0.165 e. The minimum Gasteiger partial charge on any atom is -0.494 e. The molecule has 0 bridgehead atoms. The van der Waals surface area contributed by atoms with Gasteiger partial charge in [0, 0.05) is 4.70 Å². The molecule has 0 fully saturated rings. The van der Waals surface area contributed by atoms with E-state index in [1.807, 2.05) is 12.1 Å². The Bertz CT molecular complexity index is 753. The van der Waals surface area contributed by atoms with E-state index in [9.17, 15) is 4.39 Å². The summed E-state index contributed by atoms with van der Waals surface area (Å²) in [5.41, 5.74) is 8.22. The second-order valence-electron chi connectivity index (χ2n) is 4.56. The Balaban J connectivity index is 2.06. The molecule has 2 nitrogen and oxygen atoms in total. The fourth-order valence-electron chi connectivity index (χ4n) is 2.29. The standard InChI is InChI=1S/C16H14FNOS/c1-19-14-8-10(6-7-13(14)17)16(18)12-9-20-15-5-3-2-4-11(12)15/h2-9,16H,18H2,1H3. The predicted molar refractivity (Wildman–Crippen MR) is 80.8 cm³/mol. The van der Waals surface area contributed by atoms with Crippen molar-refractivity contribution in [1.82, 2.24) is 0 Å². The van der Waals surface area contributed by atoms with Gasteiger partial charge in [-0.05, 0) is 40.1 Å². The third-order valence-corrected chi connectivity index (χ3v) is 4.36. The van der Waals surface area contributed by atoms with Crippen LogP contribution >= 0.6 is 11.3 Å². The van der Waals surface area contributed by atoms with Crippen molar-refractivity contribution in [1.29, 1.82) is 0 Å². The van der Waals surface area contributed by atoms with Crippen LogP contribution < -0.4 is 10.5 Å². The molecule has 0 amide bonds. The van der Waals surface area contributed by atoms with Gasteiger partial charge in [-0.2, -0.15) is 0 Å². The number of benzene rings is 2. The van der Waals surface area contributed by atoms with E-state index in [1.165, 1.54) is 17.9 Å². The van der Waals surface area contributed by atoms with E-state index in [4.69, 9.17) is 10.5 Å². The topological polar surface area (TPSA) is 35.2 Å². The first-order chi connectivity index (χ1) is 9.70. The van der Waals surface area contributed by atoms with Crippen molar-refractivity contribution >= 4 is 21.4 Å². The lowest BCUT2D eigenvalue weighted by Crippen LogP contribution is -2.11. The maximum absolute atomic E-state index is 13.5. The van der Waals surface area contributed by atoms with Gasteiger partial charge in [0.05, 0.1) is 13.2 Å². The molecular weight excluding hydrogens is 273 g/mol. The van der Waals surface area contributed by atoms with Crippen molar-refractivity contribution in [2.75, 3.05) is 7.11 Å². The lowest BCUT2D eigenvalue weighted by Gasteiger charge is -2.13. The zero-order valence-electron chi connectivity index (χ0n) is 11.0. The van der Waals surface area contributed by atoms with Crippen LogP contribution in [0.2, 0.25) is 0 Å². The highest BCUT2D eigenvalue weighted by atomic mass is 32.1. The van der Waals surface area contributed by atoms with Crippen LogP contribution in [-0.4, -0.2) is 7.11 Å². The van der Waals surface area contributed by atoms with Crippen LogP contribution in [0.3, 0.4) is 0 Å². The summed E-state index contributed by atoms with van der Waals surface area (Å²) in [7, 11) is 1.45. The van der Waals surface area contributed by atoms with Crippen molar-refractivity contribution in [3.05, 3.63) is 64.8 Å². The largest absolute Gasteiger partial charge is 0.494 e. The molecule has 20 heavy (non-hydrogen) atoms. The first-order valence-electron chi connectivity index (χ1n) is 6.26. The Morgan fingerprint density at radius 3 is 2.80 bits per heavy atom. The second kappa shape index (κ2) is 5.23. The molecule has 1 atom stereocenters. The number of fused-ring (bicyclic) bond motifs is 1. The molecule has 0 saturated heterocycles. The van der Waals surface area contributed by atoms with Gasteiger partial charge in [-0.1, -0.05) is 24.3 Å². The summed E-state index contributed by atoms with van der Waals surface area (Å²) >= 11 is 1.66. The molecule has 0 radical (unpaired) electrons. The first-order valence-corrected chi connectivity index (χ1v) is 7.14. The molecule has 1 aromatic heterocycles. The highest BCUT2D eigenvalue weighted by Crippen LogP contribution is 2.33. The predicted octanol–water partition coefficient (Wildman–Crippen LogP) is 4.10. The summed E-state index contributed by atoms with van der Waals surface area (Å²) in [6.45, 7) is 0. The SMILES string of the molecule is COc1cc(C(N)c2csc3ccccc23)ccc1F.